The third kappa shape index (κ3) is 35.7. The minimum Gasteiger partial charge on any atom is -0.462 e. The number of unbranched alkanes of at least 4 members (excludes halogenated alkanes) is 30. The summed E-state index contributed by atoms with van der Waals surface area (Å²) in [6.45, 7) is 4.14. The molecule has 0 spiro atoms. The summed E-state index contributed by atoms with van der Waals surface area (Å²) >= 11 is 0. The summed E-state index contributed by atoms with van der Waals surface area (Å²) < 4.78 is 10.6. The van der Waals surface area contributed by atoms with Gasteiger partial charge in [-0.25, -0.2) is 0 Å². The van der Waals surface area contributed by atoms with E-state index in [1.54, 1.807) is 0 Å². The topological polar surface area (TPSA) is 72.8 Å². The molecular formula is C41H80O5. The molecule has 0 saturated carbocycles. The van der Waals surface area contributed by atoms with Crippen LogP contribution >= 0.6 is 0 Å². The van der Waals surface area contributed by atoms with Crippen LogP contribution in [0.2, 0.25) is 0 Å². The Morgan fingerprint density at radius 3 is 0.957 bits per heavy atom. The highest BCUT2D eigenvalue weighted by atomic mass is 16.6. The predicted octanol–water partition coefficient (Wildman–Crippen LogP) is 12.7. The van der Waals surface area contributed by atoms with Gasteiger partial charge in [-0.3, -0.25) is 9.59 Å². The van der Waals surface area contributed by atoms with Gasteiger partial charge >= 0.3 is 11.9 Å². The fourth-order valence-electron chi connectivity index (χ4n) is 6.26. The molecule has 1 N–H and O–H groups in total. The third-order valence-corrected chi connectivity index (χ3v) is 9.40. The van der Waals surface area contributed by atoms with Crippen molar-refractivity contribution in [1.82, 2.24) is 0 Å². The van der Waals surface area contributed by atoms with Crippen LogP contribution in [-0.2, 0) is 19.1 Å². The normalized spacial score (nSPS) is 12.0. The first kappa shape index (κ1) is 44.9. The second-order valence-electron chi connectivity index (χ2n) is 14.1. The molecule has 0 fully saturated rings. The fraction of sp³-hybridized carbons (Fsp3) is 0.951. The van der Waals surface area contributed by atoms with Gasteiger partial charge in [0.25, 0.3) is 0 Å². The van der Waals surface area contributed by atoms with E-state index < -0.39 is 6.10 Å². The number of aliphatic hydroxyl groups is 1. The zero-order chi connectivity index (χ0) is 33.6. The Morgan fingerprint density at radius 2 is 0.674 bits per heavy atom. The zero-order valence-corrected chi connectivity index (χ0v) is 31.1. The molecule has 0 heterocycles. The second-order valence-corrected chi connectivity index (χ2v) is 14.1. The van der Waals surface area contributed by atoms with Crippen molar-refractivity contribution in [2.75, 3.05) is 13.2 Å². The molecule has 0 aromatic heterocycles. The average molecular weight is 653 g/mol. The zero-order valence-electron chi connectivity index (χ0n) is 31.1. The molecule has 0 radical (unpaired) electrons. The maximum absolute atomic E-state index is 12.2. The van der Waals surface area contributed by atoms with Gasteiger partial charge in [-0.05, 0) is 12.8 Å². The Hall–Kier alpha value is -1.10. The highest BCUT2D eigenvalue weighted by Crippen LogP contribution is 2.16. The van der Waals surface area contributed by atoms with Gasteiger partial charge in [-0.1, -0.05) is 206 Å². The van der Waals surface area contributed by atoms with Gasteiger partial charge < -0.3 is 14.6 Å². The SMILES string of the molecule is CCCCCCCCCCCCCCCCCCCCCCCCCC(=O)OC(CO)COC(=O)CCCCCCCCCCC. The van der Waals surface area contributed by atoms with Crippen LogP contribution in [0.4, 0.5) is 0 Å². The Labute approximate surface area is 287 Å². The van der Waals surface area contributed by atoms with Crippen molar-refractivity contribution >= 4 is 11.9 Å². The maximum atomic E-state index is 12.2. The van der Waals surface area contributed by atoms with E-state index in [-0.39, 0.29) is 25.2 Å². The van der Waals surface area contributed by atoms with Crippen molar-refractivity contribution in [3.8, 4) is 0 Å². The fourth-order valence-corrected chi connectivity index (χ4v) is 6.26. The molecule has 0 aliphatic rings. The highest BCUT2D eigenvalue weighted by Gasteiger charge is 2.16. The van der Waals surface area contributed by atoms with Gasteiger partial charge in [-0.2, -0.15) is 0 Å². The quantitative estimate of drug-likeness (QED) is 0.0531. The first-order valence-electron chi connectivity index (χ1n) is 20.6. The van der Waals surface area contributed by atoms with Crippen LogP contribution in [0.25, 0.3) is 0 Å². The Balaban J connectivity index is 3.41. The summed E-state index contributed by atoms with van der Waals surface area (Å²) in [6.07, 6.45) is 41.8. The number of rotatable bonds is 38. The van der Waals surface area contributed by atoms with Crippen LogP contribution in [0, 0.1) is 0 Å². The Bertz CT molecular complexity index is 622. The standard InChI is InChI=1S/C41H80O5/c1-3-5-7-9-11-13-14-15-16-17-18-19-20-21-22-23-24-25-26-28-30-32-34-36-41(44)46-39(37-42)38-45-40(43)35-33-31-29-27-12-10-8-6-4-2/h39,42H,3-38H2,1-2H3. The lowest BCUT2D eigenvalue weighted by atomic mass is 10.0. The Kier molecular flexibility index (Phi) is 37.4. The lowest BCUT2D eigenvalue weighted by Crippen LogP contribution is -2.28. The van der Waals surface area contributed by atoms with E-state index in [0.717, 1.165) is 38.5 Å². The van der Waals surface area contributed by atoms with Crippen LogP contribution in [-0.4, -0.2) is 36.4 Å². The number of carbonyl (C=O) groups excluding carboxylic acids is 2. The van der Waals surface area contributed by atoms with Crippen LogP contribution < -0.4 is 0 Å². The van der Waals surface area contributed by atoms with Gasteiger partial charge in [0.05, 0.1) is 6.61 Å². The highest BCUT2D eigenvalue weighted by molar-refractivity contribution is 5.70. The monoisotopic (exact) mass is 653 g/mol. The predicted molar refractivity (Wildman–Crippen MR) is 196 cm³/mol. The van der Waals surface area contributed by atoms with Crippen LogP contribution in [0.15, 0.2) is 0 Å². The second kappa shape index (κ2) is 38.3. The molecule has 46 heavy (non-hydrogen) atoms. The molecule has 1 unspecified atom stereocenters. The van der Waals surface area contributed by atoms with Gasteiger partial charge in [0.15, 0.2) is 6.10 Å². The molecule has 0 aromatic rings. The first-order valence-corrected chi connectivity index (χ1v) is 20.6. The first-order chi connectivity index (χ1) is 22.6. The van der Waals surface area contributed by atoms with Gasteiger partial charge in [0.2, 0.25) is 0 Å². The smallest absolute Gasteiger partial charge is 0.306 e. The summed E-state index contributed by atoms with van der Waals surface area (Å²) in [5, 5.41) is 9.53. The van der Waals surface area contributed by atoms with Gasteiger partial charge in [0, 0.05) is 12.8 Å². The molecule has 0 amide bonds. The molecule has 5 heteroatoms. The van der Waals surface area contributed by atoms with Crippen molar-refractivity contribution in [1.29, 1.82) is 0 Å². The number of carbonyl (C=O) groups is 2. The van der Waals surface area contributed by atoms with Crippen LogP contribution in [0.5, 0.6) is 0 Å². The van der Waals surface area contributed by atoms with Gasteiger partial charge in [-0.15, -0.1) is 0 Å². The summed E-state index contributed by atoms with van der Waals surface area (Å²) in [5.74, 6) is -0.579. The molecule has 274 valence electrons. The minimum atomic E-state index is -0.760. The molecule has 0 aromatic carbocycles. The summed E-state index contributed by atoms with van der Waals surface area (Å²) in [7, 11) is 0. The maximum Gasteiger partial charge on any atom is 0.306 e. The summed E-state index contributed by atoms with van der Waals surface area (Å²) in [5.41, 5.74) is 0. The van der Waals surface area contributed by atoms with Crippen LogP contribution in [0.1, 0.15) is 232 Å². The van der Waals surface area contributed by atoms with E-state index >= 15 is 0 Å². The van der Waals surface area contributed by atoms with E-state index in [1.807, 2.05) is 0 Å². The number of esters is 2. The lowest BCUT2D eigenvalue weighted by molar-refractivity contribution is -0.161. The molecule has 0 bridgehead atoms. The van der Waals surface area contributed by atoms with Crippen LogP contribution in [0.3, 0.4) is 0 Å². The molecule has 5 nitrogen and oxygen atoms in total. The van der Waals surface area contributed by atoms with E-state index in [0.29, 0.717) is 12.8 Å². The number of aliphatic hydroxyl groups excluding tert-OH is 1. The van der Waals surface area contributed by atoms with Crippen molar-refractivity contribution in [2.45, 2.75) is 238 Å². The van der Waals surface area contributed by atoms with Crippen molar-refractivity contribution in [3.63, 3.8) is 0 Å². The minimum absolute atomic E-state index is 0.0576. The number of hydrogen-bond donors (Lipinski definition) is 1. The van der Waals surface area contributed by atoms with Crippen molar-refractivity contribution < 1.29 is 24.2 Å². The summed E-state index contributed by atoms with van der Waals surface area (Å²) in [4.78, 5) is 24.2. The van der Waals surface area contributed by atoms with Crippen molar-refractivity contribution in [2.24, 2.45) is 0 Å². The largest absolute Gasteiger partial charge is 0.462 e. The molecule has 1 atom stereocenters. The lowest BCUT2D eigenvalue weighted by Gasteiger charge is -2.15. The molecule has 0 aliphatic heterocycles. The molecule has 0 aliphatic carbocycles. The molecule has 0 rings (SSSR count). The van der Waals surface area contributed by atoms with E-state index in [1.165, 1.54) is 167 Å². The van der Waals surface area contributed by atoms with Crippen molar-refractivity contribution in [3.05, 3.63) is 0 Å². The average Bonchev–Trinajstić information content (AvgIpc) is 3.06. The molecule has 0 saturated heterocycles. The summed E-state index contributed by atoms with van der Waals surface area (Å²) in [6, 6.07) is 0. The Morgan fingerprint density at radius 1 is 0.413 bits per heavy atom. The van der Waals surface area contributed by atoms with Gasteiger partial charge in [0.1, 0.15) is 6.61 Å². The van der Waals surface area contributed by atoms with E-state index in [9.17, 15) is 14.7 Å². The number of ether oxygens (including phenoxy) is 2. The number of hydrogen-bond acceptors (Lipinski definition) is 5. The van der Waals surface area contributed by atoms with E-state index in [2.05, 4.69) is 13.8 Å². The van der Waals surface area contributed by atoms with E-state index in [4.69, 9.17) is 9.47 Å². The third-order valence-electron chi connectivity index (χ3n) is 9.40. The molecular weight excluding hydrogens is 572 g/mol.